The van der Waals surface area contributed by atoms with E-state index in [0.717, 1.165) is 37.3 Å². The Morgan fingerprint density at radius 1 is 1.50 bits per heavy atom. The number of carbonyl (C=O) groups excluding carboxylic acids is 1. The first-order valence-corrected chi connectivity index (χ1v) is 6.50. The largest absolute Gasteiger partial charge is 0.464 e. The quantitative estimate of drug-likeness (QED) is 0.758. The smallest absolute Gasteiger partial charge is 0.328 e. The lowest BCUT2D eigenvalue weighted by atomic mass is 10.2. The monoisotopic (exact) mass is 249 g/mol. The molecule has 0 bridgehead atoms. The summed E-state index contributed by atoms with van der Waals surface area (Å²) in [4.78, 5) is 22.4. The number of rotatable bonds is 4. The van der Waals surface area contributed by atoms with Crippen molar-refractivity contribution in [1.82, 2.24) is 9.97 Å². The lowest BCUT2D eigenvalue weighted by molar-refractivity contribution is -0.144. The molecule has 0 aliphatic carbocycles. The average Bonchev–Trinajstić information content (AvgIpc) is 2.88. The molecule has 1 unspecified atom stereocenters. The van der Waals surface area contributed by atoms with Gasteiger partial charge in [0.1, 0.15) is 18.2 Å². The van der Waals surface area contributed by atoms with Crippen LogP contribution in [-0.2, 0) is 16.0 Å². The predicted octanol–water partition coefficient (Wildman–Crippen LogP) is 1.57. The van der Waals surface area contributed by atoms with E-state index in [9.17, 15) is 4.79 Å². The van der Waals surface area contributed by atoms with Gasteiger partial charge in [-0.2, -0.15) is 0 Å². The van der Waals surface area contributed by atoms with Crippen molar-refractivity contribution in [2.45, 2.75) is 39.2 Å². The molecule has 1 fully saturated rings. The van der Waals surface area contributed by atoms with Crippen molar-refractivity contribution in [1.29, 1.82) is 0 Å². The zero-order chi connectivity index (χ0) is 13.0. The Hall–Kier alpha value is -1.65. The fourth-order valence-electron chi connectivity index (χ4n) is 2.26. The van der Waals surface area contributed by atoms with Crippen molar-refractivity contribution < 1.29 is 9.53 Å². The molecule has 1 saturated heterocycles. The second kappa shape index (κ2) is 5.80. The summed E-state index contributed by atoms with van der Waals surface area (Å²) in [6.07, 6.45) is 4.27. The van der Waals surface area contributed by atoms with Gasteiger partial charge in [-0.25, -0.2) is 14.8 Å². The third kappa shape index (κ3) is 2.60. The van der Waals surface area contributed by atoms with E-state index >= 15 is 0 Å². The minimum absolute atomic E-state index is 0.147. The van der Waals surface area contributed by atoms with Crippen LogP contribution in [0.1, 0.15) is 32.4 Å². The van der Waals surface area contributed by atoms with E-state index in [4.69, 9.17) is 4.74 Å². The Balaban J connectivity index is 2.17. The number of aromatic nitrogens is 2. The second-order valence-electron chi connectivity index (χ2n) is 4.32. The van der Waals surface area contributed by atoms with E-state index in [1.165, 1.54) is 0 Å². The third-order valence-electron chi connectivity index (χ3n) is 3.18. The van der Waals surface area contributed by atoms with Gasteiger partial charge in [-0.1, -0.05) is 6.92 Å². The van der Waals surface area contributed by atoms with Gasteiger partial charge in [0.05, 0.1) is 6.61 Å². The molecular formula is C13H19N3O2. The summed E-state index contributed by atoms with van der Waals surface area (Å²) < 4.78 is 5.11. The van der Waals surface area contributed by atoms with Crippen LogP contribution in [0, 0.1) is 0 Å². The number of carbonyl (C=O) groups is 1. The van der Waals surface area contributed by atoms with Gasteiger partial charge in [0.15, 0.2) is 0 Å². The summed E-state index contributed by atoms with van der Waals surface area (Å²) in [6, 6.07) is 1.77. The summed E-state index contributed by atoms with van der Waals surface area (Å²) in [5.41, 5.74) is 0.995. The number of anilines is 1. The Morgan fingerprint density at radius 3 is 3.06 bits per heavy atom. The molecule has 18 heavy (non-hydrogen) atoms. The molecule has 0 aromatic carbocycles. The number of aryl methyl sites for hydroxylation is 1. The molecule has 1 aromatic heterocycles. The van der Waals surface area contributed by atoms with Crippen molar-refractivity contribution in [3.8, 4) is 0 Å². The SMILES string of the molecule is CCOC(=O)C1CCCN1c1cc(CC)ncn1. The Morgan fingerprint density at radius 2 is 2.33 bits per heavy atom. The highest BCUT2D eigenvalue weighted by atomic mass is 16.5. The van der Waals surface area contributed by atoms with Crippen LogP contribution in [0.15, 0.2) is 12.4 Å². The maximum atomic E-state index is 11.9. The molecule has 1 aromatic rings. The van der Waals surface area contributed by atoms with E-state index in [1.54, 1.807) is 6.33 Å². The minimum atomic E-state index is -0.190. The highest BCUT2D eigenvalue weighted by molar-refractivity contribution is 5.80. The number of hydrogen-bond donors (Lipinski definition) is 0. The van der Waals surface area contributed by atoms with Gasteiger partial charge in [-0.3, -0.25) is 0 Å². The van der Waals surface area contributed by atoms with Gasteiger partial charge in [0.25, 0.3) is 0 Å². The zero-order valence-corrected chi connectivity index (χ0v) is 10.9. The van der Waals surface area contributed by atoms with Crippen LogP contribution in [-0.4, -0.2) is 35.1 Å². The van der Waals surface area contributed by atoms with Gasteiger partial charge >= 0.3 is 5.97 Å². The number of nitrogens with zero attached hydrogens (tertiary/aromatic N) is 3. The van der Waals surface area contributed by atoms with Crippen LogP contribution >= 0.6 is 0 Å². The van der Waals surface area contributed by atoms with Crippen LogP contribution < -0.4 is 4.90 Å². The number of ether oxygens (including phenoxy) is 1. The van der Waals surface area contributed by atoms with Gasteiger partial charge in [0.2, 0.25) is 0 Å². The van der Waals surface area contributed by atoms with Crippen LogP contribution in [0.2, 0.25) is 0 Å². The van der Waals surface area contributed by atoms with Crippen molar-refractivity contribution in [3.05, 3.63) is 18.1 Å². The van der Waals surface area contributed by atoms with Crippen molar-refractivity contribution in [3.63, 3.8) is 0 Å². The van der Waals surface area contributed by atoms with Crippen molar-refractivity contribution in [2.75, 3.05) is 18.1 Å². The molecule has 0 N–H and O–H groups in total. The molecule has 1 atom stereocenters. The van der Waals surface area contributed by atoms with Crippen LogP contribution in [0.3, 0.4) is 0 Å². The van der Waals surface area contributed by atoms with Crippen LogP contribution in [0.25, 0.3) is 0 Å². The lowest BCUT2D eigenvalue weighted by Gasteiger charge is -2.24. The molecule has 0 radical (unpaired) electrons. The molecule has 5 heteroatoms. The first-order valence-electron chi connectivity index (χ1n) is 6.50. The third-order valence-corrected chi connectivity index (χ3v) is 3.18. The first kappa shape index (κ1) is 12.8. The summed E-state index contributed by atoms with van der Waals surface area (Å²) in [7, 11) is 0. The Labute approximate surface area is 107 Å². The summed E-state index contributed by atoms with van der Waals surface area (Å²) in [5, 5.41) is 0. The molecular weight excluding hydrogens is 230 g/mol. The molecule has 5 nitrogen and oxygen atoms in total. The molecule has 2 rings (SSSR count). The molecule has 1 aliphatic heterocycles. The normalized spacial score (nSPS) is 19.0. The van der Waals surface area contributed by atoms with E-state index < -0.39 is 0 Å². The molecule has 1 aliphatic rings. The summed E-state index contributed by atoms with van der Waals surface area (Å²) in [6.45, 7) is 5.16. The standard InChI is InChI=1S/C13H19N3O2/c1-3-10-8-12(15-9-14-10)16-7-5-6-11(16)13(17)18-4-2/h8-9,11H,3-7H2,1-2H3. The summed E-state index contributed by atoms with van der Waals surface area (Å²) in [5.74, 6) is 0.684. The first-order chi connectivity index (χ1) is 8.76. The number of esters is 1. The fourth-order valence-corrected chi connectivity index (χ4v) is 2.26. The van der Waals surface area contributed by atoms with E-state index in [1.807, 2.05) is 17.9 Å². The molecule has 98 valence electrons. The van der Waals surface area contributed by atoms with Gasteiger partial charge in [-0.15, -0.1) is 0 Å². The number of hydrogen-bond acceptors (Lipinski definition) is 5. The zero-order valence-electron chi connectivity index (χ0n) is 10.9. The average molecular weight is 249 g/mol. The predicted molar refractivity (Wildman–Crippen MR) is 68.4 cm³/mol. The highest BCUT2D eigenvalue weighted by Crippen LogP contribution is 2.24. The van der Waals surface area contributed by atoms with Crippen LogP contribution in [0.5, 0.6) is 0 Å². The maximum Gasteiger partial charge on any atom is 0.328 e. The lowest BCUT2D eigenvalue weighted by Crippen LogP contribution is -2.37. The molecule has 0 amide bonds. The van der Waals surface area contributed by atoms with Crippen molar-refractivity contribution >= 4 is 11.8 Å². The highest BCUT2D eigenvalue weighted by Gasteiger charge is 2.32. The van der Waals surface area contributed by atoms with E-state index in [2.05, 4.69) is 16.9 Å². The maximum absolute atomic E-state index is 11.9. The molecule has 0 saturated carbocycles. The molecule has 2 heterocycles. The Kier molecular flexibility index (Phi) is 4.12. The van der Waals surface area contributed by atoms with Gasteiger partial charge in [-0.05, 0) is 26.2 Å². The van der Waals surface area contributed by atoms with Gasteiger partial charge < -0.3 is 9.64 Å². The van der Waals surface area contributed by atoms with Crippen molar-refractivity contribution in [2.24, 2.45) is 0 Å². The Bertz CT molecular complexity index is 422. The van der Waals surface area contributed by atoms with E-state index in [-0.39, 0.29) is 12.0 Å². The van der Waals surface area contributed by atoms with Crippen LogP contribution in [0.4, 0.5) is 5.82 Å². The summed E-state index contributed by atoms with van der Waals surface area (Å²) >= 11 is 0. The fraction of sp³-hybridized carbons (Fsp3) is 0.615. The van der Waals surface area contributed by atoms with E-state index in [0.29, 0.717) is 6.61 Å². The minimum Gasteiger partial charge on any atom is -0.464 e. The van der Waals surface area contributed by atoms with Gasteiger partial charge in [0, 0.05) is 18.3 Å². The topological polar surface area (TPSA) is 55.3 Å². The second-order valence-corrected chi connectivity index (χ2v) is 4.32. The molecule has 0 spiro atoms.